The van der Waals surface area contributed by atoms with E-state index in [1.807, 2.05) is 61.1 Å². The van der Waals surface area contributed by atoms with Gasteiger partial charge in [-0.1, -0.05) is 19.1 Å². The van der Waals surface area contributed by atoms with E-state index < -0.39 is 0 Å². The van der Waals surface area contributed by atoms with Gasteiger partial charge in [0, 0.05) is 24.3 Å². The molecule has 3 heterocycles. The summed E-state index contributed by atoms with van der Waals surface area (Å²) in [7, 11) is 1.83. The van der Waals surface area contributed by atoms with Crippen LogP contribution in [0, 0.1) is 6.92 Å². The highest BCUT2D eigenvalue weighted by molar-refractivity contribution is 6.06. The van der Waals surface area contributed by atoms with Crippen LogP contribution in [0.4, 0.5) is 0 Å². The van der Waals surface area contributed by atoms with Gasteiger partial charge in [0.05, 0.1) is 29.5 Å². The molecule has 0 fully saturated rings. The van der Waals surface area contributed by atoms with Gasteiger partial charge in [-0.2, -0.15) is 0 Å². The van der Waals surface area contributed by atoms with Gasteiger partial charge in [-0.25, -0.2) is 4.98 Å². The zero-order valence-electron chi connectivity index (χ0n) is 15.8. The van der Waals surface area contributed by atoms with Gasteiger partial charge in [0.1, 0.15) is 5.65 Å². The van der Waals surface area contributed by atoms with Crippen molar-refractivity contribution in [3.8, 4) is 0 Å². The smallest absolute Gasteiger partial charge is 0.254 e. The Balaban J connectivity index is 1.71. The molecule has 5 heteroatoms. The maximum absolute atomic E-state index is 13.2. The van der Waals surface area contributed by atoms with E-state index in [1.54, 1.807) is 4.90 Å². The lowest BCUT2D eigenvalue weighted by Gasteiger charge is -2.18. The highest BCUT2D eigenvalue weighted by Gasteiger charge is 2.18. The van der Waals surface area contributed by atoms with Crippen LogP contribution in [0.5, 0.6) is 0 Å². The van der Waals surface area contributed by atoms with Gasteiger partial charge in [0.2, 0.25) is 0 Å². The second kappa shape index (κ2) is 6.83. The van der Waals surface area contributed by atoms with E-state index in [4.69, 9.17) is 0 Å². The highest BCUT2D eigenvalue weighted by atomic mass is 16.2. The molecule has 0 aliphatic heterocycles. The number of carbonyl (C=O) groups excluding carboxylic acids is 1. The maximum atomic E-state index is 13.2. The van der Waals surface area contributed by atoms with E-state index in [0.29, 0.717) is 12.1 Å². The average Bonchev–Trinajstić information content (AvgIpc) is 3.09. The number of benzene rings is 1. The van der Waals surface area contributed by atoms with Gasteiger partial charge < -0.3 is 9.30 Å². The van der Waals surface area contributed by atoms with Crippen LogP contribution in [-0.2, 0) is 13.0 Å². The highest BCUT2D eigenvalue weighted by Crippen LogP contribution is 2.22. The number of hydrogen-bond acceptors (Lipinski definition) is 3. The summed E-state index contributed by atoms with van der Waals surface area (Å²) in [5.41, 5.74) is 5.46. The lowest BCUT2D eigenvalue weighted by molar-refractivity contribution is 0.0785. The number of aryl methyl sites for hydroxylation is 2. The first-order valence-electron chi connectivity index (χ1n) is 9.13. The average molecular weight is 358 g/mol. The van der Waals surface area contributed by atoms with Gasteiger partial charge in [-0.3, -0.25) is 9.78 Å². The molecule has 0 N–H and O–H groups in total. The predicted octanol–water partition coefficient (Wildman–Crippen LogP) is 4.03. The maximum Gasteiger partial charge on any atom is 0.254 e. The largest absolute Gasteiger partial charge is 0.336 e. The fourth-order valence-corrected chi connectivity index (χ4v) is 3.42. The van der Waals surface area contributed by atoms with Gasteiger partial charge >= 0.3 is 0 Å². The van der Waals surface area contributed by atoms with Crippen molar-refractivity contribution in [2.75, 3.05) is 7.05 Å². The van der Waals surface area contributed by atoms with Gasteiger partial charge in [-0.15, -0.1) is 0 Å². The lowest BCUT2D eigenvalue weighted by atomic mass is 10.0. The summed E-state index contributed by atoms with van der Waals surface area (Å²) in [6.07, 6.45) is 4.72. The molecule has 0 radical (unpaired) electrons. The molecule has 4 rings (SSSR count). The first-order valence-corrected chi connectivity index (χ1v) is 9.13. The Bertz CT molecular complexity index is 1150. The molecule has 5 nitrogen and oxygen atoms in total. The molecule has 0 aliphatic rings. The Labute approximate surface area is 158 Å². The van der Waals surface area contributed by atoms with Crippen LogP contribution < -0.4 is 0 Å². The van der Waals surface area contributed by atoms with E-state index >= 15 is 0 Å². The monoisotopic (exact) mass is 358 g/mol. The second-order valence-electron chi connectivity index (χ2n) is 6.86. The standard InChI is InChI=1S/C22H22N4O/c1-4-16-8-9-20-18(12-16)19(11-15(2)24-20)22(27)25(3)14-17-13-23-21-7-5-6-10-26(17)21/h5-13H,4,14H2,1-3H3. The van der Waals surface area contributed by atoms with Gasteiger partial charge in [-0.05, 0) is 49.2 Å². The molecule has 0 bridgehead atoms. The Morgan fingerprint density at radius 2 is 2.04 bits per heavy atom. The summed E-state index contributed by atoms with van der Waals surface area (Å²) in [6.45, 7) is 4.52. The number of hydrogen-bond donors (Lipinski definition) is 0. The van der Waals surface area contributed by atoms with Crippen molar-refractivity contribution >= 4 is 22.5 Å². The molecule has 1 aromatic carbocycles. The number of nitrogens with zero attached hydrogens (tertiary/aromatic N) is 4. The molecule has 0 saturated heterocycles. The number of amides is 1. The van der Waals surface area contributed by atoms with E-state index in [2.05, 4.69) is 29.0 Å². The molecule has 0 unspecified atom stereocenters. The Morgan fingerprint density at radius 3 is 2.85 bits per heavy atom. The topological polar surface area (TPSA) is 50.5 Å². The van der Waals surface area contributed by atoms with E-state index in [0.717, 1.165) is 34.4 Å². The van der Waals surface area contributed by atoms with Crippen LogP contribution in [-0.4, -0.2) is 32.2 Å². The third-order valence-corrected chi connectivity index (χ3v) is 4.88. The normalized spacial score (nSPS) is 11.2. The molecule has 0 saturated carbocycles. The molecule has 3 aromatic heterocycles. The van der Waals surface area contributed by atoms with Crippen molar-refractivity contribution in [3.05, 3.63) is 77.4 Å². The Kier molecular flexibility index (Phi) is 4.36. The minimum Gasteiger partial charge on any atom is -0.336 e. The zero-order valence-corrected chi connectivity index (χ0v) is 15.8. The molecule has 0 aliphatic carbocycles. The van der Waals surface area contributed by atoms with Crippen molar-refractivity contribution in [1.82, 2.24) is 19.3 Å². The van der Waals surface area contributed by atoms with Crippen molar-refractivity contribution in [1.29, 1.82) is 0 Å². The summed E-state index contributed by atoms with van der Waals surface area (Å²) in [5, 5.41) is 0.912. The minimum atomic E-state index is -0.00960. The summed E-state index contributed by atoms with van der Waals surface area (Å²) >= 11 is 0. The number of pyridine rings is 2. The fraction of sp³-hybridized carbons (Fsp3) is 0.227. The molecule has 136 valence electrons. The third-order valence-electron chi connectivity index (χ3n) is 4.88. The molecule has 0 atom stereocenters. The van der Waals surface area contributed by atoms with E-state index in [1.165, 1.54) is 5.56 Å². The molecule has 1 amide bonds. The third kappa shape index (κ3) is 3.16. The Morgan fingerprint density at radius 1 is 1.19 bits per heavy atom. The van der Waals surface area contributed by atoms with E-state index in [-0.39, 0.29) is 5.91 Å². The minimum absolute atomic E-state index is 0.00960. The number of carbonyl (C=O) groups is 1. The number of fused-ring (bicyclic) bond motifs is 2. The fourth-order valence-electron chi connectivity index (χ4n) is 3.42. The zero-order chi connectivity index (χ0) is 19.0. The van der Waals surface area contributed by atoms with Crippen molar-refractivity contribution in [3.63, 3.8) is 0 Å². The van der Waals surface area contributed by atoms with Crippen LogP contribution in [0.1, 0.15) is 34.2 Å². The molecular weight excluding hydrogens is 336 g/mol. The molecule has 0 spiro atoms. The second-order valence-corrected chi connectivity index (χ2v) is 6.86. The number of rotatable bonds is 4. The SMILES string of the molecule is CCc1ccc2nc(C)cc(C(=O)N(C)Cc3cnc4ccccn34)c2c1. The van der Waals surface area contributed by atoms with Crippen molar-refractivity contribution in [2.45, 2.75) is 26.8 Å². The Hall–Kier alpha value is -3.21. The summed E-state index contributed by atoms with van der Waals surface area (Å²) in [5.74, 6) is -0.00960. The van der Waals surface area contributed by atoms with Crippen LogP contribution in [0.15, 0.2) is 54.9 Å². The first-order chi connectivity index (χ1) is 13.1. The molecular formula is C22H22N4O. The summed E-state index contributed by atoms with van der Waals surface area (Å²) in [6, 6.07) is 13.9. The van der Waals surface area contributed by atoms with Crippen molar-refractivity contribution in [2.24, 2.45) is 0 Å². The lowest BCUT2D eigenvalue weighted by Crippen LogP contribution is -2.27. The van der Waals surface area contributed by atoms with Crippen LogP contribution in [0.2, 0.25) is 0 Å². The van der Waals surface area contributed by atoms with Crippen molar-refractivity contribution < 1.29 is 4.79 Å². The predicted molar refractivity (Wildman–Crippen MR) is 107 cm³/mol. The van der Waals surface area contributed by atoms with Crippen LogP contribution >= 0.6 is 0 Å². The summed E-state index contributed by atoms with van der Waals surface area (Å²) < 4.78 is 2.01. The first kappa shape index (κ1) is 17.2. The van der Waals surface area contributed by atoms with Crippen LogP contribution in [0.25, 0.3) is 16.6 Å². The van der Waals surface area contributed by atoms with Crippen LogP contribution in [0.3, 0.4) is 0 Å². The quantitative estimate of drug-likeness (QED) is 0.553. The molecule has 27 heavy (non-hydrogen) atoms. The summed E-state index contributed by atoms with van der Waals surface area (Å²) in [4.78, 5) is 24.0. The van der Waals surface area contributed by atoms with Gasteiger partial charge in [0.25, 0.3) is 5.91 Å². The van der Waals surface area contributed by atoms with E-state index in [9.17, 15) is 4.79 Å². The van der Waals surface area contributed by atoms with Gasteiger partial charge in [0.15, 0.2) is 0 Å². The number of aromatic nitrogens is 3. The number of imidazole rings is 1. The molecule has 4 aromatic rings.